The molecule has 0 saturated carbocycles. The van der Waals surface area contributed by atoms with Gasteiger partial charge in [-0.15, -0.1) is 0 Å². The van der Waals surface area contributed by atoms with Crippen LogP contribution in [-0.4, -0.2) is 77.3 Å². The van der Waals surface area contributed by atoms with Crippen molar-refractivity contribution in [1.82, 2.24) is 20.0 Å². The predicted molar refractivity (Wildman–Crippen MR) is 120 cm³/mol. The Morgan fingerprint density at radius 3 is 2.56 bits per heavy atom. The van der Waals surface area contributed by atoms with Gasteiger partial charge in [0.05, 0.1) is 43.2 Å². The minimum Gasteiger partial charge on any atom is -0.497 e. The highest BCUT2D eigenvalue weighted by molar-refractivity contribution is 5.95. The molecule has 8 heteroatoms. The fourth-order valence-electron chi connectivity index (χ4n) is 4.78. The number of aromatic nitrogens is 2. The lowest BCUT2D eigenvalue weighted by Gasteiger charge is -2.36. The molecule has 2 amide bonds. The Kier molecular flexibility index (Phi) is 6.79. The molecule has 1 aromatic carbocycles. The van der Waals surface area contributed by atoms with E-state index in [0.29, 0.717) is 38.2 Å². The van der Waals surface area contributed by atoms with E-state index in [4.69, 9.17) is 9.47 Å². The number of benzene rings is 1. The number of ether oxygens (including phenoxy) is 2. The fourth-order valence-corrected chi connectivity index (χ4v) is 4.78. The summed E-state index contributed by atoms with van der Waals surface area (Å²) in [6.07, 6.45) is 3.67. The normalized spacial score (nSPS) is 22.1. The SMILES string of the molecule is COc1cccc(CC(=O)N2CCC(c3[nH]ncc3C(=O)N3C[C@H](C)O[C@@H](C)C3)CC2)c1. The number of likely N-dealkylation sites (tertiary alicyclic amines) is 1. The zero-order chi connectivity index (χ0) is 22.7. The van der Waals surface area contributed by atoms with Crippen LogP contribution in [0.15, 0.2) is 30.5 Å². The Balaban J connectivity index is 1.36. The zero-order valence-corrected chi connectivity index (χ0v) is 19.0. The molecule has 2 aliphatic rings. The van der Waals surface area contributed by atoms with E-state index in [1.165, 1.54) is 0 Å². The number of carbonyl (C=O) groups is 2. The van der Waals surface area contributed by atoms with E-state index in [1.807, 2.05) is 47.9 Å². The minimum atomic E-state index is 0.00674. The van der Waals surface area contributed by atoms with Crippen molar-refractivity contribution >= 4 is 11.8 Å². The van der Waals surface area contributed by atoms with Crippen molar-refractivity contribution in [1.29, 1.82) is 0 Å². The van der Waals surface area contributed by atoms with Crippen LogP contribution in [0, 0.1) is 0 Å². The van der Waals surface area contributed by atoms with E-state index in [1.54, 1.807) is 13.3 Å². The van der Waals surface area contributed by atoms with Gasteiger partial charge in [-0.2, -0.15) is 5.10 Å². The Bertz CT molecular complexity index is 941. The van der Waals surface area contributed by atoms with Crippen molar-refractivity contribution < 1.29 is 19.1 Å². The number of morpholine rings is 1. The third-order valence-electron chi connectivity index (χ3n) is 6.35. The van der Waals surface area contributed by atoms with Crippen LogP contribution in [0.2, 0.25) is 0 Å². The summed E-state index contributed by atoms with van der Waals surface area (Å²) >= 11 is 0. The third kappa shape index (κ3) is 4.96. The summed E-state index contributed by atoms with van der Waals surface area (Å²) in [6.45, 7) is 6.50. The van der Waals surface area contributed by atoms with Crippen LogP contribution in [0.1, 0.15) is 54.2 Å². The van der Waals surface area contributed by atoms with Crippen molar-refractivity contribution in [2.45, 2.75) is 51.2 Å². The molecule has 0 bridgehead atoms. The quantitative estimate of drug-likeness (QED) is 0.772. The molecule has 172 valence electrons. The number of carbonyl (C=O) groups excluding carboxylic acids is 2. The molecule has 1 N–H and O–H groups in total. The molecule has 2 fully saturated rings. The van der Waals surface area contributed by atoms with Crippen LogP contribution in [0.5, 0.6) is 5.75 Å². The average molecular weight is 441 g/mol. The number of aromatic amines is 1. The molecule has 3 heterocycles. The summed E-state index contributed by atoms with van der Waals surface area (Å²) in [6, 6.07) is 7.63. The van der Waals surface area contributed by atoms with E-state index in [-0.39, 0.29) is 29.9 Å². The van der Waals surface area contributed by atoms with Crippen LogP contribution < -0.4 is 4.74 Å². The highest BCUT2D eigenvalue weighted by Gasteiger charge is 2.32. The Hall–Kier alpha value is -2.87. The Morgan fingerprint density at radius 2 is 1.88 bits per heavy atom. The number of amides is 2. The maximum absolute atomic E-state index is 13.2. The molecule has 2 atom stereocenters. The molecule has 2 aromatic rings. The van der Waals surface area contributed by atoms with Gasteiger partial charge in [0.25, 0.3) is 5.91 Å². The summed E-state index contributed by atoms with van der Waals surface area (Å²) < 4.78 is 11.0. The van der Waals surface area contributed by atoms with E-state index in [9.17, 15) is 9.59 Å². The monoisotopic (exact) mass is 440 g/mol. The van der Waals surface area contributed by atoms with Gasteiger partial charge in [-0.05, 0) is 44.4 Å². The summed E-state index contributed by atoms with van der Waals surface area (Å²) in [5, 5.41) is 7.25. The van der Waals surface area contributed by atoms with Gasteiger partial charge in [0.2, 0.25) is 5.91 Å². The van der Waals surface area contributed by atoms with Crippen LogP contribution in [-0.2, 0) is 16.0 Å². The first-order valence-corrected chi connectivity index (χ1v) is 11.3. The number of nitrogens with one attached hydrogen (secondary N) is 1. The van der Waals surface area contributed by atoms with Gasteiger partial charge in [0, 0.05) is 32.1 Å². The molecule has 0 spiro atoms. The van der Waals surface area contributed by atoms with Gasteiger partial charge in [0.1, 0.15) is 5.75 Å². The Morgan fingerprint density at radius 1 is 1.16 bits per heavy atom. The smallest absolute Gasteiger partial charge is 0.257 e. The highest BCUT2D eigenvalue weighted by atomic mass is 16.5. The number of nitrogens with zero attached hydrogens (tertiary/aromatic N) is 3. The predicted octanol–water partition coefficient (Wildman–Crippen LogP) is 2.62. The lowest BCUT2D eigenvalue weighted by atomic mass is 9.90. The first kappa shape index (κ1) is 22.3. The molecule has 4 rings (SSSR count). The van der Waals surface area contributed by atoms with Crippen molar-refractivity contribution in [3.8, 4) is 5.75 Å². The van der Waals surface area contributed by atoms with E-state index in [0.717, 1.165) is 29.8 Å². The molecule has 2 saturated heterocycles. The number of piperidine rings is 1. The second kappa shape index (κ2) is 9.73. The van der Waals surface area contributed by atoms with Gasteiger partial charge >= 0.3 is 0 Å². The molecule has 0 unspecified atom stereocenters. The van der Waals surface area contributed by atoms with E-state index in [2.05, 4.69) is 10.2 Å². The molecular weight excluding hydrogens is 408 g/mol. The van der Waals surface area contributed by atoms with Gasteiger partial charge in [-0.25, -0.2) is 0 Å². The number of methoxy groups -OCH3 is 1. The molecular formula is C24H32N4O4. The van der Waals surface area contributed by atoms with Crippen molar-refractivity contribution in [2.75, 3.05) is 33.3 Å². The van der Waals surface area contributed by atoms with Crippen molar-refractivity contribution in [3.63, 3.8) is 0 Å². The lowest BCUT2D eigenvalue weighted by molar-refractivity contribution is -0.131. The number of H-pyrrole nitrogens is 1. The number of rotatable bonds is 5. The van der Waals surface area contributed by atoms with Crippen LogP contribution in [0.25, 0.3) is 0 Å². The van der Waals surface area contributed by atoms with Gasteiger partial charge in [-0.3, -0.25) is 14.7 Å². The fraction of sp³-hybridized carbons (Fsp3) is 0.542. The maximum Gasteiger partial charge on any atom is 0.257 e. The Labute approximate surface area is 188 Å². The standard InChI is InChI=1S/C24H32N4O4/c1-16-14-28(15-17(2)32-16)24(30)21-13-25-26-23(21)19-7-9-27(10-8-19)22(29)12-18-5-4-6-20(11-18)31-3/h4-6,11,13,16-17,19H,7-10,12,14-15H2,1-3H3,(H,25,26)/t16-,17-/m0/s1. The summed E-state index contributed by atoms with van der Waals surface area (Å²) in [5.74, 6) is 1.07. The first-order valence-electron chi connectivity index (χ1n) is 11.3. The van der Waals surface area contributed by atoms with Gasteiger partial charge in [-0.1, -0.05) is 12.1 Å². The van der Waals surface area contributed by atoms with Crippen LogP contribution in [0.4, 0.5) is 0 Å². The molecule has 0 aliphatic carbocycles. The molecule has 8 nitrogen and oxygen atoms in total. The molecule has 2 aliphatic heterocycles. The summed E-state index contributed by atoms with van der Waals surface area (Å²) in [7, 11) is 1.63. The molecule has 1 aromatic heterocycles. The maximum atomic E-state index is 13.2. The van der Waals surface area contributed by atoms with Crippen molar-refractivity contribution in [2.24, 2.45) is 0 Å². The van der Waals surface area contributed by atoms with E-state index >= 15 is 0 Å². The highest BCUT2D eigenvalue weighted by Crippen LogP contribution is 2.30. The largest absolute Gasteiger partial charge is 0.497 e. The lowest BCUT2D eigenvalue weighted by Crippen LogP contribution is -2.48. The number of hydrogen-bond donors (Lipinski definition) is 1. The second-order valence-electron chi connectivity index (χ2n) is 8.85. The number of hydrogen-bond acceptors (Lipinski definition) is 5. The van der Waals surface area contributed by atoms with E-state index < -0.39 is 0 Å². The van der Waals surface area contributed by atoms with Crippen LogP contribution in [0.3, 0.4) is 0 Å². The molecule has 0 radical (unpaired) electrons. The first-order chi connectivity index (χ1) is 15.4. The third-order valence-corrected chi connectivity index (χ3v) is 6.35. The zero-order valence-electron chi connectivity index (χ0n) is 19.0. The summed E-state index contributed by atoms with van der Waals surface area (Å²) in [5.41, 5.74) is 2.49. The van der Waals surface area contributed by atoms with Crippen LogP contribution >= 0.6 is 0 Å². The minimum absolute atomic E-state index is 0.00674. The second-order valence-corrected chi connectivity index (χ2v) is 8.85. The van der Waals surface area contributed by atoms with Gasteiger partial charge in [0.15, 0.2) is 0 Å². The summed E-state index contributed by atoms with van der Waals surface area (Å²) in [4.78, 5) is 29.8. The average Bonchev–Trinajstić information content (AvgIpc) is 3.28. The van der Waals surface area contributed by atoms with Gasteiger partial charge < -0.3 is 19.3 Å². The van der Waals surface area contributed by atoms with Crippen molar-refractivity contribution in [3.05, 3.63) is 47.3 Å². The molecule has 32 heavy (non-hydrogen) atoms. The topological polar surface area (TPSA) is 87.8 Å².